The highest BCUT2D eigenvalue weighted by Gasteiger charge is 2.18. The number of ether oxygens (including phenoxy) is 1. The number of aryl methyl sites for hydroxylation is 1. The number of rotatable bonds is 8. The van der Waals surface area contributed by atoms with E-state index in [1.807, 2.05) is 43.3 Å². The molecule has 0 aliphatic heterocycles. The van der Waals surface area contributed by atoms with Crippen molar-refractivity contribution >= 4 is 23.4 Å². The van der Waals surface area contributed by atoms with Crippen molar-refractivity contribution in [3.05, 3.63) is 89.5 Å². The molecule has 0 fully saturated rings. The molecule has 0 saturated carbocycles. The van der Waals surface area contributed by atoms with Crippen LogP contribution < -0.4 is 10.1 Å². The van der Waals surface area contributed by atoms with Gasteiger partial charge in [0.1, 0.15) is 5.75 Å². The van der Waals surface area contributed by atoms with E-state index in [4.69, 9.17) is 4.74 Å². The molecule has 4 heteroatoms. The van der Waals surface area contributed by atoms with Gasteiger partial charge in [0.15, 0.2) is 6.10 Å². The van der Waals surface area contributed by atoms with Crippen LogP contribution >= 0.6 is 11.8 Å². The average molecular weight is 420 g/mol. The summed E-state index contributed by atoms with van der Waals surface area (Å²) in [4.78, 5) is 13.9. The number of hydrogen-bond acceptors (Lipinski definition) is 3. The number of amides is 1. The first-order valence-electron chi connectivity index (χ1n) is 10.3. The Morgan fingerprint density at radius 2 is 1.67 bits per heavy atom. The molecule has 3 aromatic rings. The fourth-order valence-electron chi connectivity index (χ4n) is 3.08. The average Bonchev–Trinajstić information content (AvgIpc) is 2.73. The van der Waals surface area contributed by atoms with Crippen molar-refractivity contribution in [3.8, 4) is 5.75 Å². The zero-order valence-corrected chi connectivity index (χ0v) is 18.8. The highest BCUT2D eigenvalue weighted by Crippen LogP contribution is 2.28. The second kappa shape index (κ2) is 10.4. The molecular formula is C26H29NO2S. The van der Waals surface area contributed by atoms with Crippen molar-refractivity contribution in [1.82, 2.24) is 0 Å². The minimum atomic E-state index is -0.586. The molecule has 0 aliphatic carbocycles. The number of carbonyl (C=O) groups is 1. The van der Waals surface area contributed by atoms with E-state index < -0.39 is 6.10 Å². The highest BCUT2D eigenvalue weighted by molar-refractivity contribution is 7.98. The lowest BCUT2D eigenvalue weighted by Gasteiger charge is -2.19. The summed E-state index contributed by atoms with van der Waals surface area (Å²) in [7, 11) is 0. The van der Waals surface area contributed by atoms with Crippen molar-refractivity contribution in [2.24, 2.45) is 0 Å². The smallest absolute Gasteiger partial charge is 0.265 e. The summed E-state index contributed by atoms with van der Waals surface area (Å²) in [5, 5.41) is 2.96. The monoisotopic (exact) mass is 419 g/mol. The maximum atomic E-state index is 12.6. The number of anilines is 1. The quantitative estimate of drug-likeness (QED) is 0.407. The number of carbonyl (C=O) groups excluding carboxylic acids is 1. The third kappa shape index (κ3) is 6.14. The number of hydrogen-bond donors (Lipinski definition) is 1. The third-order valence-electron chi connectivity index (χ3n) is 4.83. The van der Waals surface area contributed by atoms with Crippen molar-refractivity contribution in [1.29, 1.82) is 0 Å². The van der Waals surface area contributed by atoms with E-state index in [-0.39, 0.29) is 5.91 Å². The Labute approximate surface area is 183 Å². The molecule has 156 valence electrons. The first-order chi connectivity index (χ1) is 14.4. The lowest BCUT2D eigenvalue weighted by molar-refractivity contribution is -0.122. The van der Waals surface area contributed by atoms with Crippen LogP contribution in [-0.4, -0.2) is 12.0 Å². The van der Waals surface area contributed by atoms with Gasteiger partial charge in [0.2, 0.25) is 0 Å². The van der Waals surface area contributed by atoms with Gasteiger partial charge in [0.25, 0.3) is 5.91 Å². The molecule has 3 rings (SSSR count). The van der Waals surface area contributed by atoms with E-state index in [1.165, 1.54) is 10.5 Å². The maximum absolute atomic E-state index is 12.6. The molecule has 1 unspecified atom stereocenters. The fraction of sp³-hybridized carbons (Fsp3) is 0.269. The predicted octanol–water partition coefficient (Wildman–Crippen LogP) is 6.82. The SMILES string of the molecule is Cc1ccc(C(C)C)c(OC(C)C(=O)Nc2ccc(CSc3ccccc3)cc2)c1. The molecule has 30 heavy (non-hydrogen) atoms. The Kier molecular flexibility index (Phi) is 7.58. The van der Waals surface area contributed by atoms with Gasteiger partial charge in [-0.15, -0.1) is 11.8 Å². The Hall–Kier alpha value is -2.72. The highest BCUT2D eigenvalue weighted by atomic mass is 32.2. The van der Waals surface area contributed by atoms with Crippen LogP contribution in [0.15, 0.2) is 77.7 Å². The van der Waals surface area contributed by atoms with Crippen molar-refractivity contribution < 1.29 is 9.53 Å². The van der Waals surface area contributed by atoms with Crippen molar-refractivity contribution in [2.75, 3.05) is 5.32 Å². The lowest BCUT2D eigenvalue weighted by atomic mass is 10.0. The van der Waals surface area contributed by atoms with Crippen LogP contribution in [0.25, 0.3) is 0 Å². The molecule has 0 bridgehead atoms. The minimum absolute atomic E-state index is 0.155. The maximum Gasteiger partial charge on any atom is 0.265 e. The molecule has 0 radical (unpaired) electrons. The van der Waals surface area contributed by atoms with Crippen molar-refractivity contribution in [3.63, 3.8) is 0 Å². The van der Waals surface area contributed by atoms with Crippen LogP contribution in [0.2, 0.25) is 0 Å². The predicted molar refractivity (Wildman–Crippen MR) is 126 cm³/mol. The molecule has 0 saturated heterocycles. The van der Waals surface area contributed by atoms with Crippen LogP contribution in [-0.2, 0) is 10.5 Å². The van der Waals surface area contributed by atoms with Gasteiger partial charge in [0, 0.05) is 16.3 Å². The first kappa shape index (κ1) is 22.0. The lowest BCUT2D eigenvalue weighted by Crippen LogP contribution is -2.30. The molecule has 0 heterocycles. The zero-order valence-electron chi connectivity index (χ0n) is 18.0. The number of benzene rings is 3. The summed E-state index contributed by atoms with van der Waals surface area (Å²) in [5.41, 5.74) is 4.22. The summed E-state index contributed by atoms with van der Waals surface area (Å²) in [6, 6.07) is 24.5. The van der Waals surface area contributed by atoms with Gasteiger partial charge in [-0.25, -0.2) is 0 Å². The van der Waals surface area contributed by atoms with E-state index >= 15 is 0 Å². The Balaban J connectivity index is 1.57. The van der Waals surface area contributed by atoms with Crippen LogP contribution in [0.3, 0.4) is 0 Å². The summed E-state index contributed by atoms with van der Waals surface area (Å²) in [5.74, 6) is 1.85. The molecule has 0 aromatic heterocycles. The summed E-state index contributed by atoms with van der Waals surface area (Å²) in [6.07, 6.45) is -0.586. The molecule has 1 N–H and O–H groups in total. The van der Waals surface area contributed by atoms with Crippen molar-refractivity contribution in [2.45, 2.75) is 50.4 Å². The number of thioether (sulfide) groups is 1. The van der Waals surface area contributed by atoms with Crippen LogP contribution in [0, 0.1) is 6.92 Å². The van der Waals surface area contributed by atoms with Crippen LogP contribution in [0.5, 0.6) is 5.75 Å². The van der Waals surface area contributed by atoms with Gasteiger partial charge in [-0.3, -0.25) is 4.79 Å². The van der Waals surface area contributed by atoms with E-state index in [1.54, 1.807) is 18.7 Å². The van der Waals surface area contributed by atoms with E-state index in [0.717, 1.165) is 28.3 Å². The Bertz CT molecular complexity index is 968. The third-order valence-corrected chi connectivity index (χ3v) is 5.92. The largest absolute Gasteiger partial charge is 0.481 e. The Morgan fingerprint density at radius 1 is 0.967 bits per heavy atom. The number of nitrogens with one attached hydrogen (secondary N) is 1. The van der Waals surface area contributed by atoms with Gasteiger partial charge >= 0.3 is 0 Å². The molecule has 1 amide bonds. The second-order valence-electron chi connectivity index (χ2n) is 7.74. The molecular weight excluding hydrogens is 390 g/mol. The molecule has 3 nitrogen and oxygen atoms in total. The molecule has 0 aliphatic rings. The van der Waals surface area contributed by atoms with Gasteiger partial charge in [-0.1, -0.05) is 56.3 Å². The minimum Gasteiger partial charge on any atom is -0.481 e. The summed E-state index contributed by atoms with van der Waals surface area (Å²) in [6.45, 7) is 8.06. The van der Waals surface area contributed by atoms with E-state index in [9.17, 15) is 4.79 Å². The van der Waals surface area contributed by atoms with E-state index in [0.29, 0.717) is 5.92 Å². The fourth-order valence-corrected chi connectivity index (χ4v) is 3.95. The normalized spacial score (nSPS) is 11.9. The van der Waals surface area contributed by atoms with E-state index in [2.05, 4.69) is 55.6 Å². The standard InChI is InChI=1S/C26H29NO2S/c1-18(2)24-15-10-19(3)16-25(24)29-20(4)26(28)27-22-13-11-21(12-14-22)17-30-23-8-6-5-7-9-23/h5-16,18,20H,17H2,1-4H3,(H,27,28). The van der Waals surface area contributed by atoms with Gasteiger partial charge in [-0.2, -0.15) is 0 Å². The van der Waals surface area contributed by atoms with Gasteiger partial charge in [-0.05, 0) is 66.8 Å². The van der Waals surface area contributed by atoms with Crippen LogP contribution in [0.1, 0.15) is 43.4 Å². The molecule has 0 spiro atoms. The zero-order chi connectivity index (χ0) is 21.5. The van der Waals surface area contributed by atoms with Crippen LogP contribution in [0.4, 0.5) is 5.69 Å². The van der Waals surface area contributed by atoms with Gasteiger partial charge in [0.05, 0.1) is 0 Å². The van der Waals surface area contributed by atoms with Gasteiger partial charge < -0.3 is 10.1 Å². The molecule has 1 atom stereocenters. The summed E-state index contributed by atoms with van der Waals surface area (Å²) < 4.78 is 6.02. The summed E-state index contributed by atoms with van der Waals surface area (Å²) >= 11 is 1.80. The Morgan fingerprint density at radius 3 is 2.33 bits per heavy atom. The first-order valence-corrected chi connectivity index (χ1v) is 11.3. The molecule has 3 aromatic carbocycles. The second-order valence-corrected chi connectivity index (χ2v) is 8.79. The topological polar surface area (TPSA) is 38.3 Å².